The highest BCUT2D eigenvalue weighted by molar-refractivity contribution is 6.11. The van der Waals surface area contributed by atoms with Gasteiger partial charge in [0.05, 0.1) is 12.3 Å². The lowest BCUT2D eigenvalue weighted by Crippen LogP contribution is -2.31. The van der Waals surface area contributed by atoms with Crippen LogP contribution in [0, 0.1) is 12.3 Å². The van der Waals surface area contributed by atoms with E-state index in [0.29, 0.717) is 24.4 Å². The van der Waals surface area contributed by atoms with E-state index >= 15 is 0 Å². The molecular weight excluding hydrogens is 514 g/mol. The van der Waals surface area contributed by atoms with E-state index in [1.54, 1.807) is 17.3 Å². The monoisotopic (exact) mass is 560 g/mol. The minimum absolute atomic E-state index is 0.0789. The number of alkyl halides is 2. The molecule has 4 nitrogen and oxygen atoms in total. The molecule has 0 aliphatic carbocycles. The second kappa shape index (κ2) is 15.1. The maximum Gasteiger partial charge on any atom is 0.261 e. The molecule has 6 heteroatoms. The molecule has 3 heterocycles. The first kappa shape index (κ1) is 32.3. The summed E-state index contributed by atoms with van der Waals surface area (Å²) in [6.45, 7) is 20.1. The van der Waals surface area contributed by atoms with Crippen LogP contribution >= 0.6 is 0 Å². The zero-order valence-corrected chi connectivity index (χ0v) is 25.3. The van der Waals surface area contributed by atoms with Gasteiger partial charge in [-0.2, -0.15) is 0 Å². The average Bonchev–Trinajstić information content (AvgIpc) is 3.30. The van der Waals surface area contributed by atoms with Crippen LogP contribution in [0.2, 0.25) is 0 Å². The van der Waals surface area contributed by atoms with Gasteiger partial charge in [-0.25, -0.2) is 8.78 Å². The summed E-state index contributed by atoms with van der Waals surface area (Å²) in [5.41, 5.74) is 8.32. The van der Waals surface area contributed by atoms with Gasteiger partial charge in [0.1, 0.15) is 0 Å². The van der Waals surface area contributed by atoms with Crippen molar-refractivity contribution in [2.45, 2.75) is 65.8 Å². The Balaban J connectivity index is 0.000000263. The molecule has 2 aliphatic rings. The van der Waals surface area contributed by atoms with Crippen LogP contribution in [0.5, 0.6) is 0 Å². The number of nitrogens with zero attached hydrogens (tertiary/aromatic N) is 3. The second-order valence-electron chi connectivity index (χ2n) is 11.4. The molecule has 0 saturated carbocycles. The van der Waals surface area contributed by atoms with Crippen molar-refractivity contribution in [1.29, 1.82) is 5.41 Å². The molecule has 41 heavy (non-hydrogen) atoms. The molecule has 0 atom stereocenters. The number of piperidine rings is 1. The number of aryl methyl sites for hydroxylation is 1. The molecule has 220 valence electrons. The van der Waals surface area contributed by atoms with Crippen LogP contribution in [-0.4, -0.2) is 59.1 Å². The fraction of sp³-hybridized carbons (Fsp3) is 0.429. The number of aromatic nitrogens is 1. The third-order valence-electron chi connectivity index (χ3n) is 7.63. The molecule has 0 radical (unpaired) electrons. The third-order valence-corrected chi connectivity index (χ3v) is 7.63. The predicted octanol–water partition coefficient (Wildman–Crippen LogP) is 8.39. The van der Waals surface area contributed by atoms with Crippen molar-refractivity contribution in [3.8, 4) is 11.1 Å². The van der Waals surface area contributed by atoms with Gasteiger partial charge in [-0.05, 0) is 93.6 Å². The van der Waals surface area contributed by atoms with Gasteiger partial charge in [0.25, 0.3) is 5.92 Å². The van der Waals surface area contributed by atoms with Crippen LogP contribution in [0.4, 0.5) is 8.78 Å². The minimum atomic E-state index is -2.58. The number of hydrogen-bond acceptors (Lipinski definition) is 4. The van der Waals surface area contributed by atoms with Gasteiger partial charge in [-0.1, -0.05) is 55.5 Å². The van der Waals surface area contributed by atoms with Crippen LogP contribution < -0.4 is 0 Å². The van der Waals surface area contributed by atoms with E-state index < -0.39 is 5.92 Å². The number of halogens is 2. The Morgan fingerprint density at radius 3 is 2.37 bits per heavy atom. The Kier molecular flexibility index (Phi) is 11.9. The van der Waals surface area contributed by atoms with E-state index in [1.807, 2.05) is 38.1 Å². The Morgan fingerprint density at radius 1 is 1.00 bits per heavy atom. The Morgan fingerprint density at radius 2 is 1.73 bits per heavy atom. The van der Waals surface area contributed by atoms with Crippen LogP contribution in [0.15, 0.2) is 84.8 Å². The van der Waals surface area contributed by atoms with Crippen LogP contribution in [0.25, 0.3) is 11.1 Å². The molecule has 2 aliphatic heterocycles. The zero-order valence-electron chi connectivity index (χ0n) is 25.3. The van der Waals surface area contributed by atoms with Crippen LogP contribution in [0.3, 0.4) is 0 Å². The molecule has 1 aromatic heterocycles. The zero-order chi connectivity index (χ0) is 30.0. The summed E-state index contributed by atoms with van der Waals surface area (Å²) in [6, 6.07) is 7.94. The van der Waals surface area contributed by atoms with E-state index in [1.165, 1.54) is 43.5 Å². The van der Waals surface area contributed by atoms with Crippen molar-refractivity contribution in [1.82, 2.24) is 14.8 Å². The first-order valence-electron chi connectivity index (χ1n) is 14.6. The molecule has 1 N–H and O–H groups in total. The minimum Gasteiger partial charge on any atom is -0.300 e. The number of nitrogens with one attached hydrogen (secondary N) is 1. The third kappa shape index (κ3) is 10.3. The predicted molar refractivity (Wildman–Crippen MR) is 169 cm³/mol. The summed E-state index contributed by atoms with van der Waals surface area (Å²) in [5.74, 6) is -2.58. The van der Waals surface area contributed by atoms with Crippen molar-refractivity contribution in [2.24, 2.45) is 0 Å². The second-order valence-corrected chi connectivity index (χ2v) is 11.4. The van der Waals surface area contributed by atoms with Gasteiger partial charge in [-0.3, -0.25) is 14.8 Å². The summed E-state index contributed by atoms with van der Waals surface area (Å²) in [4.78, 5) is 8.55. The fourth-order valence-corrected chi connectivity index (χ4v) is 5.04. The first-order chi connectivity index (χ1) is 19.5. The van der Waals surface area contributed by atoms with E-state index in [4.69, 9.17) is 5.41 Å². The number of rotatable bonds is 9. The molecule has 0 bridgehead atoms. The Labute approximate surface area is 245 Å². The summed E-state index contributed by atoms with van der Waals surface area (Å²) in [6.07, 6.45) is 13.9. The van der Waals surface area contributed by atoms with Crippen molar-refractivity contribution >= 4 is 5.71 Å². The molecule has 4 rings (SSSR count). The number of hydrogen-bond donors (Lipinski definition) is 1. The Bertz CT molecular complexity index is 1280. The largest absolute Gasteiger partial charge is 0.300 e. The number of allylic oxidation sites excluding steroid dienone is 4. The lowest BCUT2D eigenvalue weighted by molar-refractivity contribution is 0.0115. The maximum absolute atomic E-state index is 13.4. The van der Waals surface area contributed by atoms with Crippen molar-refractivity contribution in [3.05, 3.63) is 101 Å². The van der Waals surface area contributed by atoms with Crippen molar-refractivity contribution in [2.75, 3.05) is 32.7 Å². The highest BCUT2D eigenvalue weighted by Crippen LogP contribution is 2.29. The molecule has 2 fully saturated rings. The van der Waals surface area contributed by atoms with Gasteiger partial charge in [0.2, 0.25) is 0 Å². The van der Waals surface area contributed by atoms with Gasteiger partial charge < -0.3 is 5.41 Å². The topological polar surface area (TPSA) is 43.2 Å². The number of likely N-dealkylation sites (tertiary alicyclic amines) is 2. The standard InChI is InChI=1S/C21H23F2N3.C14H23N/c1-14(2)20(24)19-9-17(5-4-15(19)3)18-8-16(10-25-11-18)12-26-7-6-21(22,23)13-26;1-4-13(2)8-9-14(3)12-15-10-6-5-7-11-15/h4-5,8-11,24H,1,6-7,12-13H2,2-3H3;4,8-9H,3,5-7,10-12H2,1-2H3/b;9-8-,13-4-. The van der Waals surface area contributed by atoms with Gasteiger partial charge in [-0.15, -0.1) is 0 Å². The molecule has 0 unspecified atom stereocenters. The molecule has 1 aromatic carbocycles. The van der Waals surface area contributed by atoms with Gasteiger partial charge in [0, 0.05) is 49.6 Å². The molecule has 2 aromatic rings. The summed E-state index contributed by atoms with van der Waals surface area (Å²) >= 11 is 0. The molecule has 0 amide bonds. The van der Waals surface area contributed by atoms with Crippen LogP contribution in [-0.2, 0) is 6.54 Å². The average molecular weight is 561 g/mol. The van der Waals surface area contributed by atoms with Crippen LogP contribution in [0.1, 0.15) is 63.1 Å². The normalized spacial score (nSPS) is 17.8. The quantitative estimate of drug-likeness (QED) is 0.247. The van der Waals surface area contributed by atoms with E-state index in [-0.39, 0.29) is 13.0 Å². The van der Waals surface area contributed by atoms with E-state index in [2.05, 4.69) is 55.1 Å². The number of pyridine rings is 1. The van der Waals surface area contributed by atoms with Crippen molar-refractivity contribution < 1.29 is 8.78 Å². The van der Waals surface area contributed by atoms with Crippen molar-refractivity contribution in [3.63, 3.8) is 0 Å². The summed E-state index contributed by atoms with van der Waals surface area (Å²) in [7, 11) is 0. The fourth-order valence-electron chi connectivity index (χ4n) is 5.04. The molecule has 0 spiro atoms. The lowest BCUT2D eigenvalue weighted by Gasteiger charge is -2.26. The first-order valence-corrected chi connectivity index (χ1v) is 14.6. The highest BCUT2D eigenvalue weighted by Gasteiger charge is 2.37. The van der Waals surface area contributed by atoms with E-state index in [0.717, 1.165) is 34.4 Å². The molecule has 2 saturated heterocycles. The summed E-state index contributed by atoms with van der Waals surface area (Å²) < 4.78 is 26.8. The molecular formula is C35H46F2N4. The number of benzene rings is 1. The summed E-state index contributed by atoms with van der Waals surface area (Å²) in [5, 5.41) is 8.22. The Hall–Kier alpha value is -3.22. The van der Waals surface area contributed by atoms with Gasteiger partial charge in [0.15, 0.2) is 0 Å². The highest BCUT2D eigenvalue weighted by atomic mass is 19.3. The smallest absolute Gasteiger partial charge is 0.261 e. The lowest BCUT2D eigenvalue weighted by atomic mass is 9.95. The SMILES string of the molecule is C=C(/C=C\C(C)=C/C)CN1CCCCC1.C=C(C)C(=N)c1cc(-c2cncc(CN3CCC(F)(F)C3)c2)ccc1C. The van der Waals surface area contributed by atoms with E-state index in [9.17, 15) is 8.78 Å². The maximum atomic E-state index is 13.4. The van der Waals surface area contributed by atoms with Gasteiger partial charge >= 0.3 is 0 Å².